The van der Waals surface area contributed by atoms with E-state index in [0.29, 0.717) is 12.5 Å². The molecule has 0 radical (unpaired) electrons. The van der Waals surface area contributed by atoms with Gasteiger partial charge < -0.3 is 16.2 Å². The Morgan fingerprint density at radius 2 is 2.07 bits per heavy atom. The molecule has 0 spiro atoms. The molecule has 1 unspecified atom stereocenters. The Labute approximate surface area is 92.2 Å². The monoisotopic (exact) mass is 216 g/mol. The SMILES string of the molecule is CCC(CCO)CNC(=O)[C@H](N)C(C)C. The van der Waals surface area contributed by atoms with Crippen molar-refractivity contribution in [3.8, 4) is 0 Å². The van der Waals surface area contributed by atoms with Crippen molar-refractivity contribution in [1.82, 2.24) is 5.32 Å². The van der Waals surface area contributed by atoms with Gasteiger partial charge in [0.15, 0.2) is 0 Å². The molecule has 4 N–H and O–H groups in total. The number of hydrogen-bond acceptors (Lipinski definition) is 3. The number of rotatable bonds is 7. The van der Waals surface area contributed by atoms with Gasteiger partial charge in [0.25, 0.3) is 0 Å². The predicted molar refractivity (Wildman–Crippen MR) is 61.3 cm³/mol. The van der Waals surface area contributed by atoms with Crippen LogP contribution in [0.2, 0.25) is 0 Å². The summed E-state index contributed by atoms with van der Waals surface area (Å²) >= 11 is 0. The summed E-state index contributed by atoms with van der Waals surface area (Å²) in [7, 11) is 0. The van der Waals surface area contributed by atoms with E-state index in [-0.39, 0.29) is 18.4 Å². The van der Waals surface area contributed by atoms with Crippen LogP contribution in [0.4, 0.5) is 0 Å². The third kappa shape index (κ3) is 5.74. The average molecular weight is 216 g/mol. The fourth-order valence-electron chi connectivity index (χ4n) is 1.30. The minimum atomic E-state index is -0.434. The lowest BCUT2D eigenvalue weighted by molar-refractivity contribution is -0.123. The first-order valence-corrected chi connectivity index (χ1v) is 5.67. The molecule has 15 heavy (non-hydrogen) atoms. The highest BCUT2D eigenvalue weighted by molar-refractivity contribution is 5.81. The summed E-state index contributed by atoms with van der Waals surface area (Å²) in [5, 5.41) is 11.6. The van der Waals surface area contributed by atoms with Crippen molar-refractivity contribution in [2.75, 3.05) is 13.2 Å². The van der Waals surface area contributed by atoms with E-state index in [9.17, 15) is 4.79 Å². The summed E-state index contributed by atoms with van der Waals surface area (Å²) < 4.78 is 0. The normalized spacial score (nSPS) is 15.1. The van der Waals surface area contributed by atoms with Gasteiger partial charge in [-0.05, 0) is 18.3 Å². The predicted octanol–water partition coefficient (Wildman–Crippen LogP) is 0.494. The lowest BCUT2D eigenvalue weighted by Crippen LogP contribution is -2.45. The molecule has 0 fully saturated rings. The van der Waals surface area contributed by atoms with Crippen LogP contribution in [-0.4, -0.2) is 30.2 Å². The molecule has 4 heteroatoms. The number of aliphatic hydroxyl groups excluding tert-OH is 1. The summed E-state index contributed by atoms with van der Waals surface area (Å²) in [5.74, 6) is 0.405. The van der Waals surface area contributed by atoms with Crippen LogP contribution < -0.4 is 11.1 Å². The highest BCUT2D eigenvalue weighted by atomic mass is 16.3. The molecule has 0 saturated heterocycles. The highest BCUT2D eigenvalue weighted by Gasteiger charge is 2.17. The van der Waals surface area contributed by atoms with E-state index < -0.39 is 6.04 Å². The number of carbonyl (C=O) groups is 1. The number of hydrogen-bond donors (Lipinski definition) is 3. The summed E-state index contributed by atoms with van der Waals surface area (Å²) in [4.78, 5) is 11.5. The number of amides is 1. The molecule has 0 saturated carbocycles. The third-order valence-electron chi connectivity index (χ3n) is 2.70. The van der Waals surface area contributed by atoms with E-state index in [4.69, 9.17) is 10.8 Å². The highest BCUT2D eigenvalue weighted by Crippen LogP contribution is 2.06. The van der Waals surface area contributed by atoms with Gasteiger partial charge in [0.1, 0.15) is 0 Å². The van der Waals surface area contributed by atoms with Gasteiger partial charge >= 0.3 is 0 Å². The maximum absolute atomic E-state index is 11.5. The van der Waals surface area contributed by atoms with Crippen LogP contribution in [0.5, 0.6) is 0 Å². The molecule has 1 amide bonds. The van der Waals surface area contributed by atoms with Gasteiger partial charge in [-0.15, -0.1) is 0 Å². The topological polar surface area (TPSA) is 75.3 Å². The van der Waals surface area contributed by atoms with Crippen LogP contribution in [0.15, 0.2) is 0 Å². The Hall–Kier alpha value is -0.610. The van der Waals surface area contributed by atoms with Crippen LogP contribution >= 0.6 is 0 Å². The molecule has 0 heterocycles. The molecule has 0 aliphatic heterocycles. The second-order valence-corrected chi connectivity index (χ2v) is 4.30. The fraction of sp³-hybridized carbons (Fsp3) is 0.909. The second-order valence-electron chi connectivity index (χ2n) is 4.30. The zero-order chi connectivity index (χ0) is 11.8. The smallest absolute Gasteiger partial charge is 0.237 e. The molecule has 0 aliphatic carbocycles. The average Bonchev–Trinajstić information content (AvgIpc) is 2.22. The number of nitrogens with two attached hydrogens (primary N) is 1. The van der Waals surface area contributed by atoms with Crippen molar-refractivity contribution in [3.05, 3.63) is 0 Å². The van der Waals surface area contributed by atoms with E-state index in [2.05, 4.69) is 12.2 Å². The van der Waals surface area contributed by atoms with Gasteiger partial charge in [-0.2, -0.15) is 0 Å². The van der Waals surface area contributed by atoms with Crippen molar-refractivity contribution in [2.45, 2.75) is 39.7 Å². The lowest BCUT2D eigenvalue weighted by atomic mass is 10.0. The van der Waals surface area contributed by atoms with E-state index in [1.54, 1.807) is 0 Å². The Balaban J connectivity index is 3.87. The standard InChI is InChI=1S/C11H24N2O2/c1-4-9(5-6-14)7-13-11(15)10(12)8(2)3/h8-10,14H,4-7,12H2,1-3H3,(H,13,15)/t9?,10-/m1/s1. The first-order valence-electron chi connectivity index (χ1n) is 5.67. The zero-order valence-corrected chi connectivity index (χ0v) is 9.99. The first kappa shape index (κ1) is 14.4. The molecule has 4 nitrogen and oxygen atoms in total. The van der Waals surface area contributed by atoms with Crippen molar-refractivity contribution in [2.24, 2.45) is 17.6 Å². The summed E-state index contributed by atoms with van der Waals surface area (Å²) in [6, 6.07) is -0.434. The Kier molecular flexibility index (Phi) is 7.34. The quantitative estimate of drug-likeness (QED) is 0.580. The van der Waals surface area contributed by atoms with Crippen molar-refractivity contribution in [1.29, 1.82) is 0 Å². The second kappa shape index (κ2) is 7.65. The van der Waals surface area contributed by atoms with Crippen molar-refractivity contribution >= 4 is 5.91 Å². The van der Waals surface area contributed by atoms with Gasteiger partial charge in [0.05, 0.1) is 6.04 Å². The maximum Gasteiger partial charge on any atom is 0.237 e. The molecule has 0 aromatic rings. The van der Waals surface area contributed by atoms with E-state index in [1.807, 2.05) is 13.8 Å². The van der Waals surface area contributed by atoms with Gasteiger partial charge in [-0.3, -0.25) is 4.79 Å². The molecule has 0 bridgehead atoms. The van der Waals surface area contributed by atoms with Crippen LogP contribution in [0.1, 0.15) is 33.6 Å². The molecule has 0 aromatic heterocycles. The molecule has 90 valence electrons. The van der Waals surface area contributed by atoms with E-state index in [0.717, 1.165) is 12.8 Å². The Morgan fingerprint density at radius 1 is 1.47 bits per heavy atom. The summed E-state index contributed by atoms with van der Waals surface area (Å²) in [6.07, 6.45) is 1.69. The van der Waals surface area contributed by atoms with Gasteiger partial charge in [-0.1, -0.05) is 27.2 Å². The van der Waals surface area contributed by atoms with Crippen LogP contribution in [0.25, 0.3) is 0 Å². The zero-order valence-electron chi connectivity index (χ0n) is 9.99. The van der Waals surface area contributed by atoms with Crippen LogP contribution in [0.3, 0.4) is 0 Å². The van der Waals surface area contributed by atoms with Gasteiger partial charge in [0.2, 0.25) is 5.91 Å². The van der Waals surface area contributed by atoms with E-state index >= 15 is 0 Å². The Bertz CT molecular complexity index is 183. The van der Waals surface area contributed by atoms with Gasteiger partial charge in [-0.25, -0.2) is 0 Å². The lowest BCUT2D eigenvalue weighted by Gasteiger charge is -2.18. The molecule has 0 aliphatic rings. The van der Waals surface area contributed by atoms with Gasteiger partial charge in [0, 0.05) is 13.2 Å². The van der Waals surface area contributed by atoms with Crippen molar-refractivity contribution in [3.63, 3.8) is 0 Å². The third-order valence-corrected chi connectivity index (χ3v) is 2.70. The molecular formula is C11H24N2O2. The maximum atomic E-state index is 11.5. The fourth-order valence-corrected chi connectivity index (χ4v) is 1.30. The van der Waals surface area contributed by atoms with E-state index in [1.165, 1.54) is 0 Å². The summed E-state index contributed by atoms with van der Waals surface area (Å²) in [6.45, 7) is 6.68. The Morgan fingerprint density at radius 3 is 2.47 bits per heavy atom. The molecular weight excluding hydrogens is 192 g/mol. The molecule has 0 rings (SSSR count). The van der Waals surface area contributed by atoms with Crippen LogP contribution in [-0.2, 0) is 4.79 Å². The van der Waals surface area contributed by atoms with Crippen LogP contribution in [0, 0.1) is 11.8 Å². The largest absolute Gasteiger partial charge is 0.396 e. The van der Waals surface area contributed by atoms with Crippen molar-refractivity contribution < 1.29 is 9.90 Å². The minimum Gasteiger partial charge on any atom is -0.396 e. The number of carbonyl (C=O) groups excluding carboxylic acids is 1. The number of nitrogens with one attached hydrogen (secondary N) is 1. The summed E-state index contributed by atoms with van der Waals surface area (Å²) in [5.41, 5.74) is 5.70. The molecule has 2 atom stereocenters. The minimum absolute atomic E-state index is 0.0959. The molecule has 0 aromatic carbocycles. The first-order chi connectivity index (χ1) is 7.02. The number of aliphatic hydroxyl groups is 1.